The van der Waals surface area contributed by atoms with Crippen LogP contribution in [0.2, 0.25) is 0 Å². The van der Waals surface area contributed by atoms with Gasteiger partial charge in [0.25, 0.3) is 0 Å². The summed E-state index contributed by atoms with van der Waals surface area (Å²) in [6.45, 7) is 6.63. The van der Waals surface area contributed by atoms with Crippen molar-refractivity contribution in [3.63, 3.8) is 0 Å². The molecule has 0 radical (unpaired) electrons. The van der Waals surface area contributed by atoms with Crippen LogP contribution in [0.5, 0.6) is 5.75 Å². The zero-order valence-corrected chi connectivity index (χ0v) is 11.6. The summed E-state index contributed by atoms with van der Waals surface area (Å²) >= 11 is 0. The lowest BCUT2D eigenvalue weighted by Crippen LogP contribution is -2.01. The predicted molar refractivity (Wildman–Crippen MR) is 74.7 cm³/mol. The Balaban J connectivity index is 3.07. The fraction of sp³-hybridized carbons (Fsp3) is 0.625. The van der Waals surface area contributed by atoms with E-state index in [2.05, 4.69) is 26.8 Å². The highest BCUT2D eigenvalue weighted by Crippen LogP contribution is 2.28. The predicted octanol–water partition coefficient (Wildman–Crippen LogP) is 4.64. The molecule has 1 aromatic carbocycles. The Morgan fingerprint density at radius 3 is 2.12 bits per heavy atom. The fourth-order valence-corrected chi connectivity index (χ4v) is 2.43. The molecule has 1 rings (SSSR count). The van der Waals surface area contributed by atoms with Crippen molar-refractivity contribution in [1.82, 2.24) is 0 Å². The molecule has 1 aromatic rings. The van der Waals surface area contributed by atoms with Crippen molar-refractivity contribution in [2.24, 2.45) is 0 Å². The number of phenolic OH excluding ortho intramolecular Hbond substituents is 1. The van der Waals surface area contributed by atoms with Crippen LogP contribution in [0.1, 0.15) is 63.1 Å². The standard InChI is InChI=1S/C16H26O/c1-4-7-10-15-14(9-6-3)13(8-5-2)11-12-16(15)17/h11-12,17H,4-10H2,1-3H3. The summed E-state index contributed by atoms with van der Waals surface area (Å²) < 4.78 is 0. The Labute approximate surface area is 106 Å². The van der Waals surface area contributed by atoms with E-state index in [9.17, 15) is 5.11 Å². The third-order valence-corrected chi connectivity index (χ3v) is 3.30. The number of benzene rings is 1. The SMILES string of the molecule is CCCCc1c(O)ccc(CCC)c1CCC. The minimum absolute atomic E-state index is 0.502. The Hall–Kier alpha value is -0.980. The third kappa shape index (κ3) is 3.76. The average Bonchev–Trinajstić information content (AvgIpc) is 2.32. The summed E-state index contributed by atoms with van der Waals surface area (Å²) in [6.07, 6.45) is 7.93. The van der Waals surface area contributed by atoms with Gasteiger partial charge in [-0.3, -0.25) is 0 Å². The zero-order valence-electron chi connectivity index (χ0n) is 11.6. The number of aryl methyl sites for hydroxylation is 1. The zero-order chi connectivity index (χ0) is 12.7. The molecule has 1 N–H and O–H groups in total. The second kappa shape index (κ2) is 7.37. The van der Waals surface area contributed by atoms with E-state index >= 15 is 0 Å². The molecular weight excluding hydrogens is 208 g/mol. The first kappa shape index (κ1) is 14.1. The van der Waals surface area contributed by atoms with E-state index in [0.717, 1.165) is 25.7 Å². The van der Waals surface area contributed by atoms with Crippen LogP contribution >= 0.6 is 0 Å². The van der Waals surface area contributed by atoms with Crippen LogP contribution in [-0.2, 0) is 19.3 Å². The highest BCUT2D eigenvalue weighted by molar-refractivity contribution is 5.45. The van der Waals surface area contributed by atoms with Gasteiger partial charge in [0.15, 0.2) is 0 Å². The smallest absolute Gasteiger partial charge is 0.119 e. The molecule has 0 amide bonds. The van der Waals surface area contributed by atoms with E-state index in [1.807, 2.05) is 6.07 Å². The molecule has 1 nitrogen and oxygen atoms in total. The lowest BCUT2D eigenvalue weighted by molar-refractivity contribution is 0.465. The quantitative estimate of drug-likeness (QED) is 0.728. The van der Waals surface area contributed by atoms with Crippen molar-refractivity contribution in [3.05, 3.63) is 28.8 Å². The molecule has 96 valence electrons. The van der Waals surface area contributed by atoms with Gasteiger partial charge in [-0.15, -0.1) is 0 Å². The molecule has 0 atom stereocenters. The van der Waals surface area contributed by atoms with E-state index in [1.54, 1.807) is 0 Å². The second-order valence-electron chi connectivity index (χ2n) is 4.80. The van der Waals surface area contributed by atoms with E-state index in [-0.39, 0.29) is 0 Å². The summed E-state index contributed by atoms with van der Waals surface area (Å²) in [6, 6.07) is 3.99. The topological polar surface area (TPSA) is 20.2 Å². The van der Waals surface area contributed by atoms with E-state index < -0.39 is 0 Å². The van der Waals surface area contributed by atoms with Crippen LogP contribution in [0, 0.1) is 0 Å². The van der Waals surface area contributed by atoms with Gasteiger partial charge in [0.1, 0.15) is 5.75 Å². The first-order valence-electron chi connectivity index (χ1n) is 7.07. The molecule has 0 bridgehead atoms. The molecule has 0 saturated heterocycles. The van der Waals surface area contributed by atoms with Crippen molar-refractivity contribution in [1.29, 1.82) is 0 Å². The van der Waals surface area contributed by atoms with Gasteiger partial charge >= 0.3 is 0 Å². The molecule has 0 saturated carbocycles. The highest BCUT2D eigenvalue weighted by atomic mass is 16.3. The highest BCUT2D eigenvalue weighted by Gasteiger charge is 2.11. The molecule has 0 heterocycles. The molecule has 17 heavy (non-hydrogen) atoms. The van der Waals surface area contributed by atoms with Gasteiger partial charge in [-0.25, -0.2) is 0 Å². The van der Waals surface area contributed by atoms with Crippen LogP contribution in [0.15, 0.2) is 12.1 Å². The number of rotatable bonds is 7. The lowest BCUT2D eigenvalue weighted by atomic mass is 9.91. The number of hydrogen-bond acceptors (Lipinski definition) is 1. The third-order valence-electron chi connectivity index (χ3n) is 3.30. The molecule has 0 aliphatic heterocycles. The number of unbranched alkanes of at least 4 members (excludes halogenated alkanes) is 1. The first-order chi connectivity index (χ1) is 8.24. The number of phenols is 1. The average molecular weight is 234 g/mol. The van der Waals surface area contributed by atoms with Crippen molar-refractivity contribution >= 4 is 0 Å². The van der Waals surface area contributed by atoms with Gasteiger partial charge in [0, 0.05) is 0 Å². The van der Waals surface area contributed by atoms with E-state index in [4.69, 9.17) is 0 Å². The van der Waals surface area contributed by atoms with Gasteiger partial charge < -0.3 is 5.11 Å². The summed E-state index contributed by atoms with van der Waals surface area (Å²) in [5, 5.41) is 10.0. The molecule has 0 aliphatic carbocycles. The summed E-state index contributed by atoms with van der Waals surface area (Å²) in [7, 11) is 0. The maximum atomic E-state index is 10.0. The van der Waals surface area contributed by atoms with Gasteiger partial charge in [0.05, 0.1) is 0 Å². The molecule has 0 unspecified atom stereocenters. The van der Waals surface area contributed by atoms with E-state index in [1.165, 1.54) is 36.0 Å². The molecule has 0 aromatic heterocycles. The normalized spacial score (nSPS) is 10.8. The van der Waals surface area contributed by atoms with Gasteiger partial charge in [-0.1, -0.05) is 46.1 Å². The van der Waals surface area contributed by atoms with Crippen molar-refractivity contribution < 1.29 is 5.11 Å². The van der Waals surface area contributed by atoms with Crippen LogP contribution < -0.4 is 0 Å². The Kier molecular flexibility index (Phi) is 6.10. The van der Waals surface area contributed by atoms with Crippen molar-refractivity contribution in [2.75, 3.05) is 0 Å². The minimum atomic E-state index is 0.502. The van der Waals surface area contributed by atoms with Crippen LogP contribution in [-0.4, -0.2) is 5.11 Å². The molecule has 0 aliphatic rings. The van der Waals surface area contributed by atoms with Gasteiger partial charge in [-0.2, -0.15) is 0 Å². The summed E-state index contributed by atoms with van der Waals surface area (Å²) in [5.41, 5.74) is 4.07. The first-order valence-corrected chi connectivity index (χ1v) is 7.07. The van der Waals surface area contributed by atoms with Gasteiger partial charge in [0.2, 0.25) is 0 Å². The van der Waals surface area contributed by atoms with Crippen LogP contribution in [0.25, 0.3) is 0 Å². The Morgan fingerprint density at radius 2 is 1.53 bits per heavy atom. The maximum absolute atomic E-state index is 10.0. The molecule has 1 heteroatoms. The van der Waals surface area contributed by atoms with Crippen LogP contribution in [0.3, 0.4) is 0 Å². The maximum Gasteiger partial charge on any atom is 0.119 e. The summed E-state index contributed by atoms with van der Waals surface area (Å²) in [5.74, 6) is 0.502. The van der Waals surface area contributed by atoms with Crippen LogP contribution in [0.4, 0.5) is 0 Å². The Morgan fingerprint density at radius 1 is 0.824 bits per heavy atom. The lowest BCUT2D eigenvalue weighted by Gasteiger charge is -2.15. The number of aromatic hydroxyl groups is 1. The second-order valence-corrected chi connectivity index (χ2v) is 4.80. The molecular formula is C16H26O. The fourth-order valence-electron chi connectivity index (χ4n) is 2.43. The summed E-state index contributed by atoms with van der Waals surface area (Å²) in [4.78, 5) is 0. The molecule has 0 fully saturated rings. The van der Waals surface area contributed by atoms with Gasteiger partial charge in [-0.05, 0) is 48.4 Å². The number of hydrogen-bond donors (Lipinski definition) is 1. The largest absolute Gasteiger partial charge is 0.508 e. The van der Waals surface area contributed by atoms with Crippen molar-refractivity contribution in [3.8, 4) is 5.75 Å². The van der Waals surface area contributed by atoms with E-state index in [0.29, 0.717) is 5.75 Å². The minimum Gasteiger partial charge on any atom is -0.508 e. The van der Waals surface area contributed by atoms with Crippen molar-refractivity contribution in [2.45, 2.75) is 65.7 Å². The Bertz CT molecular complexity index is 342. The monoisotopic (exact) mass is 234 g/mol. The molecule has 0 spiro atoms.